The Balaban J connectivity index is 1.79. The molecule has 1 aromatic rings. The molecule has 4 fully saturated rings. The van der Waals surface area contributed by atoms with Crippen LogP contribution >= 0.6 is 0 Å². The molecule has 1 nitrogen and oxygen atoms in total. The van der Waals surface area contributed by atoms with Gasteiger partial charge in [-0.25, -0.2) is 0 Å². The van der Waals surface area contributed by atoms with E-state index in [-0.39, 0.29) is 0 Å². The summed E-state index contributed by atoms with van der Waals surface area (Å²) in [5, 5.41) is 0. The molecule has 0 spiro atoms. The van der Waals surface area contributed by atoms with E-state index in [0.29, 0.717) is 5.41 Å². The van der Waals surface area contributed by atoms with E-state index in [2.05, 4.69) is 31.2 Å². The zero-order valence-corrected chi connectivity index (χ0v) is 13.0. The summed E-state index contributed by atoms with van der Waals surface area (Å²) in [5.74, 6) is 3.99. The third kappa shape index (κ3) is 2.13. The van der Waals surface area contributed by atoms with E-state index in [0.717, 1.165) is 23.5 Å². The summed E-state index contributed by atoms with van der Waals surface area (Å²) < 4.78 is 5.73. The van der Waals surface area contributed by atoms with Gasteiger partial charge in [-0.1, -0.05) is 18.2 Å². The van der Waals surface area contributed by atoms with Crippen LogP contribution in [0.15, 0.2) is 24.3 Å². The SMILES string of the molecule is [CH2]C=Cc1ccc(OC)c(C23CC4CC(CC(C4)C2)C3)c1. The van der Waals surface area contributed by atoms with Gasteiger partial charge in [0, 0.05) is 5.56 Å². The molecule has 0 amide bonds. The molecule has 0 saturated heterocycles. The van der Waals surface area contributed by atoms with Crippen molar-refractivity contribution in [2.45, 2.75) is 43.9 Å². The highest BCUT2D eigenvalue weighted by molar-refractivity contribution is 5.56. The van der Waals surface area contributed by atoms with Gasteiger partial charge in [-0.05, 0) is 86.3 Å². The molecule has 21 heavy (non-hydrogen) atoms. The van der Waals surface area contributed by atoms with Gasteiger partial charge in [0.2, 0.25) is 0 Å². The summed E-state index contributed by atoms with van der Waals surface area (Å²) in [7, 11) is 1.82. The third-order valence-corrected chi connectivity index (χ3v) is 6.14. The van der Waals surface area contributed by atoms with Crippen LogP contribution in [0.4, 0.5) is 0 Å². The van der Waals surface area contributed by atoms with Crippen LogP contribution < -0.4 is 4.74 Å². The first-order valence-electron chi connectivity index (χ1n) is 8.37. The topological polar surface area (TPSA) is 9.23 Å². The minimum atomic E-state index is 0.394. The van der Waals surface area contributed by atoms with Crippen molar-refractivity contribution in [3.63, 3.8) is 0 Å². The fraction of sp³-hybridized carbons (Fsp3) is 0.550. The summed E-state index contributed by atoms with van der Waals surface area (Å²) in [4.78, 5) is 0. The lowest BCUT2D eigenvalue weighted by Crippen LogP contribution is -2.48. The fourth-order valence-corrected chi connectivity index (χ4v) is 5.82. The summed E-state index contributed by atoms with van der Waals surface area (Å²) in [6.07, 6.45) is 12.6. The molecule has 4 saturated carbocycles. The van der Waals surface area contributed by atoms with Gasteiger partial charge in [0.25, 0.3) is 0 Å². The van der Waals surface area contributed by atoms with Crippen LogP contribution in [0, 0.1) is 24.7 Å². The van der Waals surface area contributed by atoms with E-state index >= 15 is 0 Å². The lowest BCUT2D eigenvalue weighted by molar-refractivity contribution is -0.00616. The second-order valence-corrected chi connectivity index (χ2v) is 7.56. The molecule has 0 aromatic heterocycles. The van der Waals surface area contributed by atoms with E-state index in [1.807, 2.05) is 13.2 Å². The maximum atomic E-state index is 5.73. The molecule has 4 aliphatic rings. The van der Waals surface area contributed by atoms with E-state index in [9.17, 15) is 0 Å². The molecule has 0 N–H and O–H groups in total. The Bertz CT molecular complexity index is 534. The van der Waals surface area contributed by atoms with Gasteiger partial charge in [-0.2, -0.15) is 0 Å². The quantitative estimate of drug-likeness (QED) is 0.756. The van der Waals surface area contributed by atoms with E-state index in [1.165, 1.54) is 49.7 Å². The molecule has 1 heteroatoms. The van der Waals surface area contributed by atoms with Gasteiger partial charge < -0.3 is 4.74 Å². The Labute approximate surface area is 128 Å². The number of rotatable bonds is 3. The largest absolute Gasteiger partial charge is 0.496 e. The van der Waals surface area contributed by atoms with Crippen molar-refractivity contribution >= 4 is 6.08 Å². The average Bonchev–Trinajstić information content (AvgIpc) is 2.46. The van der Waals surface area contributed by atoms with Crippen LogP contribution in [-0.4, -0.2) is 7.11 Å². The predicted octanol–water partition coefficient (Wildman–Crippen LogP) is 5.01. The summed E-state index contributed by atoms with van der Waals surface area (Å²) in [6.45, 7) is 3.83. The molecule has 1 radical (unpaired) electrons. The van der Waals surface area contributed by atoms with E-state index < -0.39 is 0 Å². The van der Waals surface area contributed by atoms with Gasteiger partial charge in [-0.3, -0.25) is 0 Å². The van der Waals surface area contributed by atoms with Crippen molar-refractivity contribution in [1.29, 1.82) is 0 Å². The average molecular weight is 281 g/mol. The second-order valence-electron chi connectivity index (χ2n) is 7.56. The van der Waals surface area contributed by atoms with Gasteiger partial charge in [0.05, 0.1) is 7.11 Å². The molecular formula is C20H25O. The standard InChI is InChI=1S/C20H25O/c1-3-4-14-5-6-19(21-2)18(10-14)20-11-15-7-16(12-20)9-17(8-15)13-20/h3-6,10,15-17H,1,7-9,11-13H2,2H3. The molecule has 0 unspecified atom stereocenters. The summed E-state index contributed by atoms with van der Waals surface area (Å²) in [6, 6.07) is 6.67. The van der Waals surface area contributed by atoms with Crippen molar-refractivity contribution in [2.75, 3.05) is 7.11 Å². The zero-order valence-electron chi connectivity index (χ0n) is 13.0. The van der Waals surface area contributed by atoms with E-state index in [4.69, 9.17) is 4.74 Å². The van der Waals surface area contributed by atoms with Gasteiger partial charge >= 0.3 is 0 Å². The molecule has 4 aliphatic carbocycles. The predicted molar refractivity (Wildman–Crippen MR) is 87.2 cm³/mol. The van der Waals surface area contributed by atoms with Crippen molar-refractivity contribution in [1.82, 2.24) is 0 Å². The normalized spacial score (nSPS) is 37.3. The Hall–Kier alpha value is -1.24. The first kappa shape index (κ1) is 13.4. The lowest BCUT2D eigenvalue weighted by atomic mass is 9.48. The van der Waals surface area contributed by atoms with Crippen molar-refractivity contribution < 1.29 is 4.74 Å². The maximum Gasteiger partial charge on any atom is 0.122 e. The lowest BCUT2D eigenvalue weighted by Gasteiger charge is -2.57. The molecule has 0 heterocycles. The molecule has 0 atom stereocenters. The molecule has 0 aliphatic heterocycles. The Morgan fingerprint density at radius 1 is 1.10 bits per heavy atom. The molecule has 5 rings (SSSR count). The first-order chi connectivity index (χ1) is 10.2. The van der Waals surface area contributed by atoms with Gasteiger partial charge in [0.15, 0.2) is 0 Å². The minimum Gasteiger partial charge on any atom is -0.496 e. The first-order valence-corrected chi connectivity index (χ1v) is 8.37. The Morgan fingerprint density at radius 3 is 2.24 bits per heavy atom. The highest BCUT2D eigenvalue weighted by Crippen LogP contribution is 2.61. The van der Waals surface area contributed by atoms with Crippen molar-refractivity contribution in [2.24, 2.45) is 17.8 Å². The van der Waals surface area contributed by atoms with Gasteiger partial charge in [0.1, 0.15) is 5.75 Å². The van der Waals surface area contributed by atoms with Gasteiger partial charge in [-0.15, -0.1) is 0 Å². The zero-order chi connectivity index (χ0) is 14.4. The number of hydrogen-bond donors (Lipinski definition) is 0. The Morgan fingerprint density at radius 2 is 1.71 bits per heavy atom. The van der Waals surface area contributed by atoms with Crippen LogP contribution in [-0.2, 0) is 5.41 Å². The third-order valence-electron chi connectivity index (χ3n) is 6.14. The highest BCUT2D eigenvalue weighted by Gasteiger charge is 2.52. The number of benzene rings is 1. The highest BCUT2D eigenvalue weighted by atomic mass is 16.5. The van der Waals surface area contributed by atoms with Crippen LogP contribution in [0.3, 0.4) is 0 Å². The smallest absolute Gasteiger partial charge is 0.122 e. The summed E-state index contributed by atoms with van der Waals surface area (Å²) >= 11 is 0. The van der Waals surface area contributed by atoms with Crippen LogP contribution in [0.2, 0.25) is 0 Å². The second kappa shape index (κ2) is 4.90. The number of ether oxygens (including phenoxy) is 1. The number of hydrogen-bond acceptors (Lipinski definition) is 1. The summed E-state index contributed by atoms with van der Waals surface area (Å²) in [5.41, 5.74) is 3.13. The molecule has 4 bridgehead atoms. The molecule has 1 aromatic carbocycles. The van der Waals surface area contributed by atoms with Crippen LogP contribution in [0.5, 0.6) is 5.75 Å². The molecule has 111 valence electrons. The number of allylic oxidation sites excluding steroid dienone is 1. The van der Waals surface area contributed by atoms with Crippen LogP contribution in [0.25, 0.3) is 6.08 Å². The Kier molecular flexibility index (Phi) is 3.13. The van der Waals surface area contributed by atoms with Crippen molar-refractivity contribution in [3.8, 4) is 5.75 Å². The fourth-order valence-electron chi connectivity index (χ4n) is 5.82. The maximum absolute atomic E-state index is 5.73. The number of methoxy groups -OCH3 is 1. The van der Waals surface area contributed by atoms with E-state index in [1.54, 1.807) is 0 Å². The minimum absolute atomic E-state index is 0.394. The van der Waals surface area contributed by atoms with Crippen molar-refractivity contribution in [3.05, 3.63) is 42.3 Å². The van der Waals surface area contributed by atoms with Crippen LogP contribution in [0.1, 0.15) is 49.7 Å². The monoisotopic (exact) mass is 281 g/mol. The molecular weight excluding hydrogens is 256 g/mol.